The van der Waals surface area contributed by atoms with E-state index in [9.17, 15) is 14.4 Å². The van der Waals surface area contributed by atoms with E-state index in [4.69, 9.17) is 0 Å². The van der Waals surface area contributed by atoms with Crippen LogP contribution in [0.25, 0.3) is 0 Å². The number of aryl methyl sites for hydroxylation is 1. The number of pyridine rings is 1. The number of H-pyrrole nitrogens is 1. The van der Waals surface area contributed by atoms with E-state index in [1.807, 2.05) is 11.8 Å². The fourth-order valence-electron chi connectivity index (χ4n) is 3.64. The molecular formula is C21H25N3O3S. The Kier molecular flexibility index (Phi) is 6.03. The van der Waals surface area contributed by atoms with Gasteiger partial charge >= 0.3 is 0 Å². The van der Waals surface area contributed by atoms with E-state index in [0.717, 1.165) is 25.9 Å². The van der Waals surface area contributed by atoms with Crippen LogP contribution in [0.2, 0.25) is 0 Å². The summed E-state index contributed by atoms with van der Waals surface area (Å²) in [6, 6.07) is 3.55. The molecule has 0 saturated carbocycles. The zero-order valence-corrected chi connectivity index (χ0v) is 17.5. The van der Waals surface area contributed by atoms with Gasteiger partial charge in [0, 0.05) is 30.5 Å². The lowest BCUT2D eigenvalue weighted by Crippen LogP contribution is -2.27. The minimum atomic E-state index is -0.371. The number of aromatic amines is 1. The highest BCUT2D eigenvalue weighted by atomic mass is 32.2. The molecule has 3 heterocycles. The molecule has 7 heteroatoms. The minimum Gasteiger partial charge on any atom is -0.355 e. The van der Waals surface area contributed by atoms with Crippen LogP contribution >= 0.6 is 11.8 Å². The smallest absolute Gasteiger partial charge is 0.255 e. The molecule has 2 aromatic rings. The summed E-state index contributed by atoms with van der Waals surface area (Å²) < 4.78 is 0. The number of nitrogens with one attached hydrogen (secondary N) is 1. The van der Waals surface area contributed by atoms with Gasteiger partial charge in [-0.25, -0.2) is 4.98 Å². The van der Waals surface area contributed by atoms with Gasteiger partial charge in [-0.05, 0) is 58.2 Å². The van der Waals surface area contributed by atoms with E-state index >= 15 is 0 Å². The van der Waals surface area contributed by atoms with E-state index in [1.165, 1.54) is 18.7 Å². The van der Waals surface area contributed by atoms with Crippen LogP contribution in [0.3, 0.4) is 0 Å². The highest BCUT2D eigenvalue weighted by molar-refractivity contribution is 8.00. The first kappa shape index (κ1) is 20.3. The average Bonchev–Trinajstić information content (AvgIpc) is 3.29. The molecule has 1 aliphatic rings. The van der Waals surface area contributed by atoms with Crippen molar-refractivity contribution in [3.8, 4) is 0 Å². The molecule has 1 amide bonds. The maximum atomic E-state index is 12.9. The van der Waals surface area contributed by atoms with Crippen molar-refractivity contribution in [3.05, 3.63) is 46.4 Å². The van der Waals surface area contributed by atoms with Gasteiger partial charge in [-0.1, -0.05) is 11.8 Å². The molecule has 0 aliphatic carbocycles. The quantitative estimate of drug-likeness (QED) is 0.590. The van der Waals surface area contributed by atoms with Crippen LogP contribution < -0.4 is 0 Å². The molecule has 1 N–H and O–H groups in total. The summed E-state index contributed by atoms with van der Waals surface area (Å²) in [6.07, 6.45) is 3.68. The molecule has 1 unspecified atom stereocenters. The van der Waals surface area contributed by atoms with Crippen molar-refractivity contribution in [2.45, 2.75) is 50.8 Å². The number of carbonyl (C=O) groups is 3. The zero-order chi connectivity index (χ0) is 20.4. The third-order valence-corrected chi connectivity index (χ3v) is 6.13. The molecule has 0 bridgehead atoms. The minimum absolute atomic E-state index is 0.0138. The number of aromatic nitrogens is 2. The summed E-state index contributed by atoms with van der Waals surface area (Å²) >= 11 is 1.34. The summed E-state index contributed by atoms with van der Waals surface area (Å²) in [5.41, 5.74) is 3.05. The van der Waals surface area contributed by atoms with E-state index in [1.54, 1.807) is 32.2 Å². The molecule has 1 aliphatic heterocycles. The van der Waals surface area contributed by atoms with Gasteiger partial charge in [-0.2, -0.15) is 0 Å². The van der Waals surface area contributed by atoms with Gasteiger partial charge in [0.05, 0.1) is 21.5 Å². The molecule has 1 saturated heterocycles. The van der Waals surface area contributed by atoms with Gasteiger partial charge in [0.25, 0.3) is 5.91 Å². The predicted molar refractivity (Wildman–Crippen MR) is 109 cm³/mol. The Morgan fingerprint density at radius 3 is 2.39 bits per heavy atom. The largest absolute Gasteiger partial charge is 0.355 e. The van der Waals surface area contributed by atoms with Crippen LogP contribution in [0.4, 0.5) is 0 Å². The van der Waals surface area contributed by atoms with Gasteiger partial charge in [0.2, 0.25) is 0 Å². The number of ketones is 2. The Labute approximate surface area is 169 Å². The summed E-state index contributed by atoms with van der Waals surface area (Å²) in [5, 5.41) is 0.315. The van der Waals surface area contributed by atoms with Crippen LogP contribution in [0, 0.1) is 13.8 Å². The first-order valence-electron chi connectivity index (χ1n) is 9.46. The van der Waals surface area contributed by atoms with Gasteiger partial charge < -0.3 is 9.88 Å². The molecule has 6 nitrogen and oxygen atoms in total. The molecule has 1 atom stereocenters. The zero-order valence-electron chi connectivity index (χ0n) is 16.7. The number of Topliss-reactive ketones (excluding diaryl/α,β-unsaturated/α-hetero) is 2. The highest BCUT2D eigenvalue weighted by Crippen LogP contribution is 2.27. The summed E-state index contributed by atoms with van der Waals surface area (Å²) in [6.45, 7) is 8.53. The Balaban J connectivity index is 1.70. The van der Waals surface area contributed by atoms with Crippen molar-refractivity contribution in [3.63, 3.8) is 0 Å². The Morgan fingerprint density at radius 2 is 1.86 bits per heavy atom. The first-order valence-corrected chi connectivity index (χ1v) is 10.3. The maximum Gasteiger partial charge on any atom is 0.255 e. The van der Waals surface area contributed by atoms with Crippen LogP contribution in [0.1, 0.15) is 69.2 Å². The van der Waals surface area contributed by atoms with Gasteiger partial charge in [-0.15, -0.1) is 0 Å². The van der Waals surface area contributed by atoms with E-state index < -0.39 is 0 Å². The second-order valence-corrected chi connectivity index (χ2v) is 8.55. The molecule has 0 aromatic carbocycles. The maximum absolute atomic E-state index is 12.9. The second-order valence-electron chi connectivity index (χ2n) is 7.19. The molecule has 3 rings (SSSR count). The van der Waals surface area contributed by atoms with Gasteiger partial charge in [0.15, 0.2) is 11.6 Å². The molecule has 28 heavy (non-hydrogen) atoms. The number of rotatable bonds is 6. The number of hydrogen-bond donors (Lipinski definition) is 1. The fraction of sp³-hybridized carbons (Fsp3) is 0.429. The standard InChI is InChI=1S/C21H25N3O3S/c1-12-18(14(3)25)13(2)23-19(12)20(26)15(4)28-17-8-7-16(11-22-17)21(27)24-9-5-6-10-24/h7-8,11,15,23H,5-6,9-10H2,1-4H3. The number of hydrogen-bond acceptors (Lipinski definition) is 5. The van der Waals surface area contributed by atoms with Gasteiger partial charge in [-0.3, -0.25) is 14.4 Å². The lowest BCUT2D eigenvalue weighted by molar-refractivity contribution is 0.0791. The van der Waals surface area contributed by atoms with Crippen LogP contribution in [-0.2, 0) is 0 Å². The molecule has 2 aromatic heterocycles. The van der Waals surface area contributed by atoms with E-state index in [2.05, 4.69) is 9.97 Å². The molecular weight excluding hydrogens is 374 g/mol. The number of carbonyl (C=O) groups excluding carboxylic acids is 3. The van der Waals surface area contributed by atoms with Gasteiger partial charge in [0.1, 0.15) is 0 Å². The van der Waals surface area contributed by atoms with E-state index in [0.29, 0.717) is 33.1 Å². The van der Waals surface area contributed by atoms with Crippen molar-refractivity contribution in [2.24, 2.45) is 0 Å². The highest BCUT2D eigenvalue weighted by Gasteiger charge is 2.25. The van der Waals surface area contributed by atoms with Crippen molar-refractivity contribution in [2.75, 3.05) is 13.1 Å². The van der Waals surface area contributed by atoms with Crippen LogP contribution in [0.5, 0.6) is 0 Å². The van der Waals surface area contributed by atoms with Crippen molar-refractivity contribution < 1.29 is 14.4 Å². The predicted octanol–water partition coefficient (Wildman–Crippen LogP) is 3.83. The Morgan fingerprint density at radius 1 is 1.18 bits per heavy atom. The first-order chi connectivity index (χ1) is 13.3. The molecule has 1 fully saturated rings. The third kappa shape index (κ3) is 4.04. The number of likely N-dealkylation sites (tertiary alicyclic amines) is 1. The second kappa shape index (κ2) is 8.31. The number of nitrogens with zero attached hydrogens (tertiary/aromatic N) is 2. The summed E-state index contributed by atoms with van der Waals surface area (Å²) in [5.74, 6) is -0.109. The lowest BCUT2D eigenvalue weighted by atomic mass is 10.0. The van der Waals surface area contributed by atoms with Crippen LogP contribution in [-0.4, -0.2) is 50.7 Å². The number of amides is 1. The summed E-state index contributed by atoms with van der Waals surface area (Å²) in [4.78, 5) is 46.3. The summed E-state index contributed by atoms with van der Waals surface area (Å²) in [7, 11) is 0. The average molecular weight is 400 g/mol. The normalized spacial score (nSPS) is 14.9. The lowest BCUT2D eigenvalue weighted by Gasteiger charge is -2.15. The van der Waals surface area contributed by atoms with Crippen molar-refractivity contribution >= 4 is 29.2 Å². The molecule has 0 radical (unpaired) electrons. The molecule has 148 valence electrons. The Bertz CT molecular complexity index is 912. The van der Waals surface area contributed by atoms with Crippen LogP contribution in [0.15, 0.2) is 23.4 Å². The monoisotopic (exact) mass is 399 g/mol. The fourth-order valence-corrected chi connectivity index (χ4v) is 4.49. The van der Waals surface area contributed by atoms with E-state index in [-0.39, 0.29) is 22.7 Å². The Hall–Kier alpha value is -2.41. The van der Waals surface area contributed by atoms with Crippen molar-refractivity contribution in [1.82, 2.24) is 14.9 Å². The number of thioether (sulfide) groups is 1. The molecule has 0 spiro atoms. The topological polar surface area (TPSA) is 83.1 Å². The third-order valence-electron chi connectivity index (χ3n) is 5.08. The van der Waals surface area contributed by atoms with Crippen molar-refractivity contribution in [1.29, 1.82) is 0 Å². The SMILES string of the molecule is CC(=O)c1c(C)[nH]c(C(=O)C(C)Sc2ccc(C(=O)N3CCCC3)cn2)c1C.